The van der Waals surface area contributed by atoms with Gasteiger partial charge >= 0.3 is 0 Å². The quantitative estimate of drug-likeness (QED) is 0.591. The topological polar surface area (TPSA) is 38.7 Å². The number of methoxy groups -OCH3 is 2. The summed E-state index contributed by atoms with van der Waals surface area (Å²) in [4.78, 5) is 0. The molecule has 0 heterocycles. The molecule has 17 heavy (non-hydrogen) atoms. The van der Waals surface area contributed by atoms with Gasteiger partial charge in [0, 0.05) is 19.6 Å². The first-order chi connectivity index (χ1) is 8.20. The van der Waals surface area contributed by atoms with Crippen molar-refractivity contribution in [3.05, 3.63) is 12.2 Å². The molecule has 4 aliphatic carbocycles. The molecule has 1 spiro atoms. The van der Waals surface area contributed by atoms with E-state index < -0.39 is 11.9 Å². The Morgan fingerprint density at radius 1 is 1.24 bits per heavy atom. The van der Waals surface area contributed by atoms with E-state index in [1.807, 2.05) is 0 Å². The molecule has 0 aliphatic heterocycles. The van der Waals surface area contributed by atoms with Crippen LogP contribution in [0.4, 0.5) is 0 Å². The first-order valence-corrected chi connectivity index (χ1v) is 6.66. The first kappa shape index (κ1) is 11.7. The van der Waals surface area contributed by atoms with Crippen LogP contribution < -0.4 is 0 Å². The zero-order chi connectivity index (χ0) is 12.1. The molecule has 0 radical (unpaired) electrons. The Morgan fingerprint density at radius 3 is 2.71 bits per heavy atom. The third-order valence-electron chi connectivity index (χ3n) is 5.43. The van der Waals surface area contributed by atoms with Crippen LogP contribution in [0.1, 0.15) is 32.1 Å². The van der Waals surface area contributed by atoms with Crippen molar-refractivity contribution in [3.63, 3.8) is 0 Å². The van der Waals surface area contributed by atoms with Gasteiger partial charge < -0.3 is 14.6 Å². The molecule has 3 nitrogen and oxygen atoms in total. The minimum atomic E-state index is -0.824. The fraction of sp³-hybridized carbons (Fsp3) is 0.857. The molecule has 1 unspecified atom stereocenters. The zero-order valence-corrected chi connectivity index (χ0v) is 10.7. The molecule has 4 atom stereocenters. The van der Waals surface area contributed by atoms with Gasteiger partial charge in [-0.3, -0.25) is 0 Å². The Morgan fingerprint density at radius 2 is 2.00 bits per heavy atom. The lowest BCUT2D eigenvalue weighted by Crippen LogP contribution is -2.70. The highest BCUT2D eigenvalue weighted by atomic mass is 16.7. The van der Waals surface area contributed by atoms with Crippen LogP contribution >= 0.6 is 0 Å². The Kier molecular flexibility index (Phi) is 2.62. The van der Waals surface area contributed by atoms with Gasteiger partial charge in [-0.15, -0.1) is 0 Å². The predicted molar refractivity (Wildman–Crippen MR) is 64.4 cm³/mol. The van der Waals surface area contributed by atoms with Gasteiger partial charge in [0.1, 0.15) is 6.10 Å². The number of allylic oxidation sites excluding steroid dienone is 1. The van der Waals surface area contributed by atoms with E-state index in [9.17, 15) is 5.11 Å². The van der Waals surface area contributed by atoms with E-state index in [2.05, 4.69) is 12.2 Å². The molecule has 0 amide bonds. The van der Waals surface area contributed by atoms with Crippen molar-refractivity contribution >= 4 is 0 Å². The number of aliphatic hydroxyl groups excluding tert-OH is 1. The molecule has 96 valence electrons. The van der Waals surface area contributed by atoms with Gasteiger partial charge in [0.15, 0.2) is 0 Å². The van der Waals surface area contributed by atoms with Gasteiger partial charge in [-0.05, 0) is 43.9 Å². The summed E-state index contributed by atoms with van der Waals surface area (Å²) < 4.78 is 11.4. The van der Waals surface area contributed by atoms with Gasteiger partial charge in [0.25, 0.3) is 0 Å². The SMILES string of the molecule is COC1(OC)[C@@H](O)[C@H]2CC[C@@]13C=CCCC3C2. The number of hydrogen-bond acceptors (Lipinski definition) is 3. The Labute approximate surface area is 103 Å². The van der Waals surface area contributed by atoms with E-state index in [0.29, 0.717) is 11.8 Å². The Bertz CT molecular complexity index is 334. The molecule has 0 aromatic heterocycles. The highest BCUT2D eigenvalue weighted by molar-refractivity contribution is 5.22. The number of rotatable bonds is 2. The van der Waals surface area contributed by atoms with Gasteiger partial charge in [-0.25, -0.2) is 0 Å². The van der Waals surface area contributed by atoms with E-state index in [4.69, 9.17) is 9.47 Å². The Balaban J connectivity index is 2.12. The molecular weight excluding hydrogens is 216 g/mol. The maximum atomic E-state index is 10.6. The molecular formula is C14H22O3. The maximum Gasteiger partial charge on any atom is 0.203 e. The van der Waals surface area contributed by atoms with Crippen molar-refractivity contribution in [2.24, 2.45) is 17.3 Å². The molecule has 0 aromatic carbocycles. The van der Waals surface area contributed by atoms with E-state index >= 15 is 0 Å². The number of aliphatic hydroxyl groups is 1. The second kappa shape index (κ2) is 3.81. The van der Waals surface area contributed by atoms with Gasteiger partial charge in [-0.1, -0.05) is 12.2 Å². The third kappa shape index (κ3) is 1.23. The van der Waals surface area contributed by atoms with E-state index in [1.54, 1.807) is 14.2 Å². The van der Waals surface area contributed by atoms with E-state index in [-0.39, 0.29) is 5.41 Å². The predicted octanol–water partition coefficient (Wildman–Crippen LogP) is 2.10. The van der Waals surface area contributed by atoms with Crippen molar-refractivity contribution in [1.82, 2.24) is 0 Å². The number of ether oxygens (including phenoxy) is 2. The van der Waals surface area contributed by atoms with Crippen LogP contribution in [0.15, 0.2) is 12.2 Å². The summed E-state index contributed by atoms with van der Waals surface area (Å²) in [6.07, 6.45) is 9.67. The summed E-state index contributed by atoms with van der Waals surface area (Å²) in [5, 5.41) is 10.6. The fourth-order valence-corrected chi connectivity index (χ4v) is 4.66. The highest BCUT2D eigenvalue weighted by Gasteiger charge is 2.67. The Hall–Kier alpha value is -0.380. The molecule has 4 rings (SSSR count). The maximum absolute atomic E-state index is 10.6. The lowest BCUT2D eigenvalue weighted by molar-refractivity contribution is -0.363. The van der Waals surface area contributed by atoms with Crippen molar-refractivity contribution < 1.29 is 14.6 Å². The molecule has 0 saturated heterocycles. The van der Waals surface area contributed by atoms with Crippen LogP contribution in [0.25, 0.3) is 0 Å². The molecule has 0 aromatic rings. The number of fused-ring (bicyclic) bond motifs is 2. The molecule has 3 saturated carbocycles. The highest BCUT2D eigenvalue weighted by Crippen LogP contribution is 2.63. The minimum absolute atomic E-state index is 0.108. The molecule has 4 aliphatic rings. The largest absolute Gasteiger partial charge is 0.387 e. The molecule has 3 heteroatoms. The summed E-state index contributed by atoms with van der Waals surface area (Å²) >= 11 is 0. The van der Waals surface area contributed by atoms with Crippen LogP contribution in [0.2, 0.25) is 0 Å². The molecule has 1 N–H and O–H groups in total. The average molecular weight is 238 g/mol. The van der Waals surface area contributed by atoms with Crippen molar-refractivity contribution in [1.29, 1.82) is 0 Å². The fourth-order valence-electron chi connectivity index (χ4n) is 4.66. The summed E-state index contributed by atoms with van der Waals surface area (Å²) in [5.41, 5.74) is -0.108. The summed E-state index contributed by atoms with van der Waals surface area (Å²) in [6, 6.07) is 0. The molecule has 2 bridgehead atoms. The van der Waals surface area contributed by atoms with Crippen LogP contribution in [-0.2, 0) is 9.47 Å². The zero-order valence-electron chi connectivity index (χ0n) is 10.7. The van der Waals surface area contributed by atoms with Crippen molar-refractivity contribution in [3.8, 4) is 0 Å². The molecule has 3 fully saturated rings. The van der Waals surface area contributed by atoms with Crippen LogP contribution in [0.5, 0.6) is 0 Å². The lowest BCUT2D eigenvalue weighted by atomic mass is 9.48. The van der Waals surface area contributed by atoms with Crippen LogP contribution in [-0.4, -0.2) is 31.2 Å². The van der Waals surface area contributed by atoms with Crippen LogP contribution in [0.3, 0.4) is 0 Å². The van der Waals surface area contributed by atoms with Gasteiger partial charge in [0.05, 0.1) is 0 Å². The second-order valence-electron chi connectivity index (χ2n) is 5.77. The normalized spacial score (nSPS) is 46.9. The average Bonchev–Trinajstić information content (AvgIpc) is 2.39. The van der Waals surface area contributed by atoms with Crippen molar-refractivity contribution in [2.75, 3.05) is 14.2 Å². The second-order valence-corrected chi connectivity index (χ2v) is 5.77. The van der Waals surface area contributed by atoms with Gasteiger partial charge in [0.2, 0.25) is 5.79 Å². The van der Waals surface area contributed by atoms with Gasteiger partial charge in [-0.2, -0.15) is 0 Å². The number of hydrogen-bond donors (Lipinski definition) is 1. The van der Waals surface area contributed by atoms with E-state index in [1.165, 1.54) is 6.42 Å². The summed E-state index contributed by atoms with van der Waals surface area (Å²) in [7, 11) is 3.34. The smallest absolute Gasteiger partial charge is 0.203 e. The minimum Gasteiger partial charge on any atom is -0.387 e. The third-order valence-corrected chi connectivity index (χ3v) is 5.43. The lowest BCUT2D eigenvalue weighted by Gasteiger charge is -2.63. The van der Waals surface area contributed by atoms with Crippen LogP contribution in [0, 0.1) is 17.3 Å². The van der Waals surface area contributed by atoms with E-state index in [0.717, 1.165) is 25.7 Å². The first-order valence-electron chi connectivity index (χ1n) is 6.66. The van der Waals surface area contributed by atoms with Crippen molar-refractivity contribution in [2.45, 2.75) is 44.0 Å². The summed E-state index contributed by atoms with van der Waals surface area (Å²) in [6.45, 7) is 0. The summed E-state index contributed by atoms with van der Waals surface area (Å²) in [5.74, 6) is 0.123. The monoisotopic (exact) mass is 238 g/mol. The standard InChI is InChI=1S/C14H22O3/c1-16-14(17-2)12(15)10-6-8-13(14)7-4-3-5-11(13)9-10/h4,7,10-12,15H,3,5-6,8-9H2,1-2H3/t10-,11?,12-,13+/m0/s1.